The topological polar surface area (TPSA) is 102 Å². The molecule has 29 heavy (non-hydrogen) atoms. The van der Waals surface area contributed by atoms with Gasteiger partial charge in [-0.05, 0) is 50.8 Å². The zero-order valence-corrected chi connectivity index (χ0v) is 17.4. The van der Waals surface area contributed by atoms with Crippen molar-refractivity contribution in [1.82, 2.24) is 5.32 Å². The van der Waals surface area contributed by atoms with Gasteiger partial charge in [-0.2, -0.15) is 0 Å². The number of benzene rings is 1. The summed E-state index contributed by atoms with van der Waals surface area (Å²) in [5, 5.41) is 5.61. The molecule has 0 aliphatic carbocycles. The molecular weight excluding hydrogens is 372 g/mol. The molecule has 0 radical (unpaired) electrons. The highest BCUT2D eigenvalue weighted by Crippen LogP contribution is 2.12. The Balaban J connectivity index is 2.21. The molecule has 7 nitrogen and oxygen atoms in total. The van der Waals surface area contributed by atoms with Gasteiger partial charge in [0.15, 0.2) is 0 Å². The van der Waals surface area contributed by atoms with Crippen LogP contribution in [0.4, 0.5) is 5.69 Å². The average Bonchev–Trinajstić information content (AvgIpc) is 2.67. The van der Waals surface area contributed by atoms with Crippen LogP contribution in [0, 0.1) is 0 Å². The highest BCUT2D eigenvalue weighted by Gasteiger charge is 2.07. The molecular formula is C22H32N2O5. The molecule has 0 saturated heterocycles. The third kappa shape index (κ3) is 12.5. The summed E-state index contributed by atoms with van der Waals surface area (Å²) in [7, 11) is 0. The second-order valence-electron chi connectivity index (χ2n) is 6.92. The Morgan fingerprint density at radius 1 is 0.931 bits per heavy atom. The number of carbonyl (C=O) groups excluding carboxylic acids is 4. The normalized spacial score (nSPS) is 10.4. The van der Waals surface area contributed by atoms with Gasteiger partial charge in [0.1, 0.15) is 11.6 Å². The fourth-order valence-corrected chi connectivity index (χ4v) is 2.67. The largest absolute Gasteiger partial charge is 0.382 e. The van der Waals surface area contributed by atoms with Crippen LogP contribution in [0.3, 0.4) is 0 Å². The quantitative estimate of drug-likeness (QED) is 0.346. The van der Waals surface area contributed by atoms with Crippen molar-refractivity contribution in [1.29, 1.82) is 0 Å². The number of rotatable bonds is 15. The number of ketones is 2. The first-order chi connectivity index (χ1) is 13.9. The van der Waals surface area contributed by atoms with Crippen LogP contribution < -0.4 is 10.6 Å². The van der Waals surface area contributed by atoms with Gasteiger partial charge in [-0.1, -0.05) is 12.1 Å². The zero-order valence-electron chi connectivity index (χ0n) is 17.4. The van der Waals surface area contributed by atoms with Gasteiger partial charge in [0.05, 0.1) is 6.42 Å². The van der Waals surface area contributed by atoms with Crippen molar-refractivity contribution in [3.63, 3.8) is 0 Å². The molecule has 1 rings (SSSR count). The molecule has 7 heteroatoms. The van der Waals surface area contributed by atoms with E-state index in [1.54, 1.807) is 12.1 Å². The Hall–Kier alpha value is -2.54. The molecule has 0 aromatic heterocycles. The van der Waals surface area contributed by atoms with Crippen molar-refractivity contribution in [3.05, 3.63) is 29.8 Å². The van der Waals surface area contributed by atoms with E-state index in [9.17, 15) is 19.2 Å². The van der Waals surface area contributed by atoms with Crippen LogP contribution in [0.15, 0.2) is 24.3 Å². The zero-order chi connectivity index (χ0) is 21.5. The maximum absolute atomic E-state index is 12.0. The minimum absolute atomic E-state index is 0.0144. The van der Waals surface area contributed by atoms with Crippen LogP contribution in [-0.4, -0.2) is 43.1 Å². The molecule has 0 atom stereocenters. The minimum Gasteiger partial charge on any atom is -0.382 e. The van der Waals surface area contributed by atoms with Gasteiger partial charge in [0.25, 0.3) is 0 Å². The minimum atomic E-state index is -0.140. The van der Waals surface area contributed by atoms with Gasteiger partial charge in [0.2, 0.25) is 11.8 Å². The Bertz CT molecular complexity index is 670. The molecule has 0 heterocycles. The van der Waals surface area contributed by atoms with Crippen LogP contribution in [0.1, 0.15) is 57.9 Å². The number of anilines is 1. The van der Waals surface area contributed by atoms with E-state index in [1.165, 1.54) is 6.92 Å². The van der Waals surface area contributed by atoms with Crippen molar-refractivity contribution in [3.8, 4) is 0 Å². The lowest BCUT2D eigenvalue weighted by Gasteiger charge is -2.07. The van der Waals surface area contributed by atoms with Gasteiger partial charge in [-0.25, -0.2) is 0 Å². The SMILES string of the molecule is CCOCCCNC(=O)CCCC(=O)Nc1ccc(CCC(=O)CC(C)=O)cc1. The summed E-state index contributed by atoms with van der Waals surface area (Å²) < 4.78 is 5.20. The highest BCUT2D eigenvalue weighted by atomic mass is 16.5. The smallest absolute Gasteiger partial charge is 0.224 e. The van der Waals surface area contributed by atoms with E-state index in [0.29, 0.717) is 51.1 Å². The molecule has 0 aliphatic heterocycles. The van der Waals surface area contributed by atoms with Crippen LogP contribution in [0.2, 0.25) is 0 Å². The van der Waals surface area contributed by atoms with E-state index in [1.807, 2.05) is 19.1 Å². The lowest BCUT2D eigenvalue weighted by molar-refractivity contribution is -0.126. The van der Waals surface area contributed by atoms with Crippen molar-refractivity contribution in [2.75, 3.05) is 25.1 Å². The highest BCUT2D eigenvalue weighted by molar-refractivity contribution is 5.98. The third-order valence-electron chi connectivity index (χ3n) is 4.18. The van der Waals surface area contributed by atoms with E-state index in [4.69, 9.17) is 4.74 Å². The Morgan fingerprint density at radius 2 is 1.62 bits per heavy atom. The number of Topliss-reactive ketones (excluding diaryl/α,β-unsaturated/α-hetero) is 2. The molecule has 0 unspecified atom stereocenters. The van der Waals surface area contributed by atoms with Gasteiger partial charge in [0, 0.05) is 44.7 Å². The average molecular weight is 405 g/mol. The van der Waals surface area contributed by atoms with Crippen molar-refractivity contribution in [2.24, 2.45) is 0 Å². The first-order valence-corrected chi connectivity index (χ1v) is 10.1. The number of nitrogens with one attached hydrogen (secondary N) is 2. The second kappa shape index (κ2) is 14.5. The molecule has 1 aromatic rings. The fraction of sp³-hybridized carbons (Fsp3) is 0.545. The Kier molecular flexibility index (Phi) is 12.2. The summed E-state index contributed by atoms with van der Waals surface area (Å²) in [6.07, 6.45) is 2.74. The summed E-state index contributed by atoms with van der Waals surface area (Å²) in [6, 6.07) is 7.28. The molecule has 1 aromatic carbocycles. The Labute approximate surface area is 172 Å². The molecule has 160 valence electrons. The number of hydrogen-bond acceptors (Lipinski definition) is 5. The van der Waals surface area contributed by atoms with E-state index in [2.05, 4.69) is 10.6 Å². The number of amides is 2. The van der Waals surface area contributed by atoms with Gasteiger partial charge in [-0.15, -0.1) is 0 Å². The number of ether oxygens (including phenoxy) is 1. The van der Waals surface area contributed by atoms with Crippen LogP contribution >= 0.6 is 0 Å². The molecule has 0 fully saturated rings. The monoisotopic (exact) mass is 404 g/mol. The van der Waals surface area contributed by atoms with E-state index in [-0.39, 0.29) is 36.2 Å². The number of hydrogen-bond donors (Lipinski definition) is 2. The van der Waals surface area contributed by atoms with Gasteiger partial charge < -0.3 is 15.4 Å². The van der Waals surface area contributed by atoms with E-state index < -0.39 is 0 Å². The first kappa shape index (κ1) is 24.5. The predicted molar refractivity (Wildman–Crippen MR) is 112 cm³/mol. The summed E-state index contributed by atoms with van der Waals surface area (Å²) >= 11 is 0. The van der Waals surface area contributed by atoms with Crippen molar-refractivity contribution >= 4 is 29.1 Å². The molecule has 0 bridgehead atoms. The van der Waals surface area contributed by atoms with Crippen LogP contribution in [-0.2, 0) is 30.3 Å². The van der Waals surface area contributed by atoms with E-state index >= 15 is 0 Å². The number of carbonyl (C=O) groups is 4. The maximum atomic E-state index is 12.0. The lowest BCUT2D eigenvalue weighted by Crippen LogP contribution is -2.25. The molecule has 2 N–H and O–H groups in total. The van der Waals surface area contributed by atoms with Gasteiger partial charge >= 0.3 is 0 Å². The van der Waals surface area contributed by atoms with E-state index in [0.717, 1.165) is 12.0 Å². The Morgan fingerprint density at radius 3 is 2.28 bits per heavy atom. The summed E-state index contributed by atoms with van der Waals surface area (Å²) in [5.74, 6) is -0.378. The second-order valence-corrected chi connectivity index (χ2v) is 6.92. The summed E-state index contributed by atoms with van der Waals surface area (Å²) in [5.41, 5.74) is 1.65. The van der Waals surface area contributed by atoms with Crippen LogP contribution in [0.5, 0.6) is 0 Å². The van der Waals surface area contributed by atoms with Gasteiger partial charge in [-0.3, -0.25) is 19.2 Å². The van der Waals surface area contributed by atoms with Crippen molar-refractivity contribution in [2.45, 2.75) is 58.8 Å². The molecule has 0 aliphatic rings. The summed E-state index contributed by atoms with van der Waals surface area (Å²) in [6.45, 7) is 5.22. The fourth-order valence-electron chi connectivity index (χ4n) is 2.67. The molecule has 0 saturated carbocycles. The predicted octanol–water partition coefficient (Wildman–Crippen LogP) is 2.82. The maximum Gasteiger partial charge on any atom is 0.224 e. The summed E-state index contributed by atoms with van der Waals surface area (Å²) in [4.78, 5) is 46.2. The first-order valence-electron chi connectivity index (χ1n) is 10.1. The van der Waals surface area contributed by atoms with Crippen LogP contribution in [0.25, 0.3) is 0 Å². The lowest BCUT2D eigenvalue weighted by atomic mass is 10.0. The molecule has 2 amide bonds. The molecule has 0 spiro atoms. The number of aryl methyl sites for hydroxylation is 1. The standard InChI is InChI=1S/C22H32N2O5/c1-3-29-15-5-14-23-21(27)6-4-7-22(28)24-19-11-8-18(9-12-19)10-13-20(26)16-17(2)25/h8-9,11-12H,3-7,10,13-16H2,1-2H3,(H,23,27)(H,24,28). The third-order valence-corrected chi connectivity index (χ3v) is 4.18. The van der Waals surface area contributed by atoms with Crippen molar-refractivity contribution < 1.29 is 23.9 Å².